The van der Waals surface area contributed by atoms with Gasteiger partial charge in [0.05, 0.1) is 6.04 Å². The van der Waals surface area contributed by atoms with Crippen LogP contribution in [0.25, 0.3) is 0 Å². The summed E-state index contributed by atoms with van der Waals surface area (Å²) in [7, 11) is 0. The molecular formula is C12H19N3O. The Balaban J connectivity index is 2.56. The van der Waals surface area contributed by atoms with Crippen molar-refractivity contribution in [1.82, 2.24) is 5.32 Å². The first-order valence-electron chi connectivity index (χ1n) is 5.36. The molecule has 1 rings (SSSR count). The molecule has 1 aromatic carbocycles. The predicted octanol–water partition coefficient (Wildman–Crippen LogP) is 0.458. The van der Waals surface area contributed by atoms with Crippen LogP contribution < -0.4 is 16.8 Å². The van der Waals surface area contributed by atoms with Crippen molar-refractivity contribution in [1.29, 1.82) is 0 Å². The van der Waals surface area contributed by atoms with Gasteiger partial charge in [-0.1, -0.05) is 24.3 Å². The SMILES string of the molecule is Cc1ccccc1[C@@H](C)NCC(N)C(N)=O. The highest BCUT2D eigenvalue weighted by Crippen LogP contribution is 2.16. The number of carbonyl (C=O) groups is 1. The number of nitrogens with one attached hydrogen (secondary N) is 1. The summed E-state index contributed by atoms with van der Waals surface area (Å²) in [5.74, 6) is -0.482. The van der Waals surface area contributed by atoms with E-state index in [0.29, 0.717) is 6.54 Å². The van der Waals surface area contributed by atoms with Gasteiger partial charge in [0.2, 0.25) is 5.91 Å². The predicted molar refractivity (Wildman–Crippen MR) is 64.8 cm³/mol. The Morgan fingerprint density at radius 2 is 2.06 bits per heavy atom. The Hall–Kier alpha value is -1.39. The molecule has 0 aliphatic heterocycles. The van der Waals surface area contributed by atoms with E-state index in [1.807, 2.05) is 19.1 Å². The van der Waals surface area contributed by atoms with Crippen molar-refractivity contribution >= 4 is 5.91 Å². The lowest BCUT2D eigenvalue weighted by atomic mass is 10.0. The lowest BCUT2D eigenvalue weighted by molar-refractivity contribution is -0.119. The lowest BCUT2D eigenvalue weighted by Gasteiger charge is -2.18. The van der Waals surface area contributed by atoms with E-state index in [1.54, 1.807) is 0 Å². The number of hydrogen-bond donors (Lipinski definition) is 3. The summed E-state index contributed by atoms with van der Waals surface area (Å²) in [5, 5.41) is 3.20. The molecule has 88 valence electrons. The minimum absolute atomic E-state index is 0.159. The van der Waals surface area contributed by atoms with Crippen LogP contribution in [0.2, 0.25) is 0 Å². The van der Waals surface area contributed by atoms with Crippen molar-refractivity contribution in [2.75, 3.05) is 6.54 Å². The molecule has 0 aromatic heterocycles. The first kappa shape index (κ1) is 12.7. The van der Waals surface area contributed by atoms with Crippen molar-refractivity contribution in [3.05, 3.63) is 35.4 Å². The molecule has 0 heterocycles. The fraction of sp³-hybridized carbons (Fsp3) is 0.417. The second-order valence-electron chi connectivity index (χ2n) is 4.00. The molecule has 1 amide bonds. The summed E-state index contributed by atoms with van der Waals surface area (Å²) in [5.41, 5.74) is 13.1. The Morgan fingerprint density at radius 3 is 2.62 bits per heavy atom. The molecule has 0 fully saturated rings. The fourth-order valence-corrected chi connectivity index (χ4v) is 1.59. The molecule has 1 unspecified atom stereocenters. The zero-order valence-corrected chi connectivity index (χ0v) is 9.73. The summed E-state index contributed by atoms with van der Waals surface area (Å²) in [6.45, 7) is 4.49. The Kier molecular flexibility index (Phi) is 4.46. The van der Waals surface area contributed by atoms with Crippen LogP contribution in [0.5, 0.6) is 0 Å². The number of aryl methyl sites for hydroxylation is 1. The van der Waals surface area contributed by atoms with E-state index in [0.717, 1.165) is 0 Å². The van der Waals surface area contributed by atoms with E-state index in [4.69, 9.17) is 11.5 Å². The quantitative estimate of drug-likeness (QED) is 0.675. The largest absolute Gasteiger partial charge is 0.368 e. The van der Waals surface area contributed by atoms with Crippen LogP contribution in [0.15, 0.2) is 24.3 Å². The average Bonchev–Trinajstić information content (AvgIpc) is 2.25. The standard InChI is InChI=1S/C12H19N3O/c1-8-5-3-4-6-10(8)9(2)15-7-11(13)12(14)16/h3-6,9,11,15H,7,13H2,1-2H3,(H2,14,16)/t9-,11?/m1/s1. The first-order valence-corrected chi connectivity index (χ1v) is 5.36. The van der Waals surface area contributed by atoms with Crippen molar-refractivity contribution in [2.24, 2.45) is 11.5 Å². The summed E-state index contributed by atoms with van der Waals surface area (Å²) in [4.78, 5) is 10.8. The smallest absolute Gasteiger partial charge is 0.235 e. The Bertz CT molecular complexity index is 365. The van der Waals surface area contributed by atoms with Gasteiger partial charge in [-0.25, -0.2) is 0 Å². The number of nitrogens with two attached hydrogens (primary N) is 2. The number of primary amides is 1. The third-order valence-electron chi connectivity index (χ3n) is 2.66. The molecular weight excluding hydrogens is 202 g/mol. The second-order valence-corrected chi connectivity index (χ2v) is 4.00. The van der Waals surface area contributed by atoms with Crippen LogP contribution >= 0.6 is 0 Å². The molecule has 16 heavy (non-hydrogen) atoms. The van der Waals surface area contributed by atoms with E-state index in [1.165, 1.54) is 11.1 Å². The van der Waals surface area contributed by atoms with Gasteiger partial charge in [-0.05, 0) is 25.0 Å². The van der Waals surface area contributed by atoms with Gasteiger partial charge in [0.15, 0.2) is 0 Å². The van der Waals surface area contributed by atoms with Gasteiger partial charge in [0.25, 0.3) is 0 Å². The zero-order valence-electron chi connectivity index (χ0n) is 9.73. The summed E-state index contributed by atoms with van der Waals surface area (Å²) in [6.07, 6.45) is 0. The average molecular weight is 221 g/mol. The van der Waals surface area contributed by atoms with Gasteiger partial charge in [-0.2, -0.15) is 0 Å². The number of carbonyl (C=O) groups excluding carboxylic acids is 1. The molecule has 2 atom stereocenters. The molecule has 0 saturated carbocycles. The molecule has 0 saturated heterocycles. The van der Waals surface area contributed by atoms with Crippen LogP contribution in [0, 0.1) is 6.92 Å². The maximum absolute atomic E-state index is 10.8. The maximum atomic E-state index is 10.8. The van der Waals surface area contributed by atoms with Crippen LogP contribution in [-0.4, -0.2) is 18.5 Å². The molecule has 0 aliphatic rings. The topological polar surface area (TPSA) is 81.1 Å². The normalized spacial score (nSPS) is 14.4. The minimum Gasteiger partial charge on any atom is -0.368 e. The van der Waals surface area contributed by atoms with E-state index in [-0.39, 0.29) is 6.04 Å². The van der Waals surface area contributed by atoms with Gasteiger partial charge in [-0.15, -0.1) is 0 Å². The van der Waals surface area contributed by atoms with Gasteiger partial charge in [0.1, 0.15) is 0 Å². The summed E-state index contributed by atoms with van der Waals surface area (Å²) < 4.78 is 0. The summed E-state index contributed by atoms with van der Waals surface area (Å²) >= 11 is 0. The molecule has 0 bridgehead atoms. The highest BCUT2D eigenvalue weighted by molar-refractivity contribution is 5.79. The first-order chi connectivity index (χ1) is 7.52. The highest BCUT2D eigenvalue weighted by atomic mass is 16.1. The highest BCUT2D eigenvalue weighted by Gasteiger charge is 2.12. The molecule has 4 nitrogen and oxygen atoms in total. The van der Waals surface area contributed by atoms with Crippen molar-refractivity contribution in [2.45, 2.75) is 25.9 Å². The van der Waals surface area contributed by atoms with Gasteiger partial charge >= 0.3 is 0 Å². The Labute approximate surface area is 96.0 Å². The number of benzene rings is 1. The van der Waals surface area contributed by atoms with Gasteiger partial charge in [-0.3, -0.25) is 4.79 Å². The second kappa shape index (κ2) is 5.63. The van der Waals surface area contributed by atoms with Crippen LogP contribution in [0.1, 0.15) is 24.1 Å². The monoisotopic (exact) mass is 221 g/mol. The number of rotatable bonds is 5. The number of amides is 1. The van der Waals surface area contributed by atoms with Crippen molar-refractivity contribution < 1.29 is 4.79 Å². The maximum Gasteiger partial charge on any atom is 0.235 e. The van der Waals surface area contributed by atoms with E-state index < -0.39 is 11.9 Å². The third-order valence-corrected chi connectivity index (χ3v) is 2.66. The van der Waals surface area contributed by atoms with Crippen molar-refractivity contribution in [3.63, 3.8) is 0 Å². The van der Waals surface area contributed by atoms with E-state index >= 15 is 0 Å². The Morgan fingerprint density at radius 1 is 1.44 bits per heavy atom. The van der Waals surface area contributed by atoms with Crippen molar-refractivity contribution in [3.8, 4) is 0 Å². The fourth-order valence-electron chi connectivity index (χ4n) is 1.59. The van der Waals surface area contributed by atoms with Gasteiger partial charge in [0, 0.05) is 12.6 Å². The number of hydrogen-bond acceptors (Lipinski definition) is 3. The molecule has 4 heteroatoms. The van der Waals surface area contributed by atoms with E-state index in [9.17, 15) is 4.79 Å². The van der Waals surface area contributed by atoms with Crippen LogP contribution in [-0.2, 0) is 4.79 Å². The molecule has 1 aromatic rings. The molecule has 5 N–H and O–H groups in total. The van der Waals surface area contributed by atoms with E-state index in [2.05, 4.69) is 24.4 Å². The lowest BCUT2D eigenvalue weighted by Crippen LogP contribution is -2.44. The molecule has 0 aliphatic carbocycles. The minimum atomic E-state index is -0.633. The molecule has 0 spiro atoms. The molecule has 0 radical (unpaired) electrons. The zero-order chi connectivity index (χ0) is 12.1. The van der Waals surface area contributed by atoms with Crippen LogP contribution in [0.3, 0.4) is 0 Å². The third kappa shape index (κ3) is 3.32. The summed E-state index contributed by atoms with van der Waals surface area (Å²) in [6, 6.07) is 7.64. The van der Waals surface area contributed by atoms with Crippen LogP contribution in [0.4, 0.5) is 0 Å². The van der Waals surface area contributed by atoms with Gasteiger partial charge < -0.3 is 16.8 Å².